The van der Waals surface area contributed by atoms with Crippen molar-refractivity contribution >= 4 is 37.3 Å². The third kappa shape index (κ3) is 2.61. The average Bonchev–Trinajstić information content (AvgIpc) is 2.81. The molecule has 21 heavy (non-hydrogen) atoms. The Hall–Kier alpha value is -2.00. The summed E-state index contributed by atoms with van der Waals surface area (Å²) in [6, 6.07) is 3.35. The van der Waals surface area contributed by atoms with Crippen molar-refractivity contribution in [3.8, 4) is 0 Å². The molecule has 0 aliphatic carbocycles. The summed E-state index contributed by atoms with van der Waals surface area (Å²) in [5.74, 6) is 0. The van der Waals surface area contributed by atoms with Crippen molar-refractivity contribution in [3.05, 3.63) is 47.1 Å². The molecule has 0 amide bonds. The van der Waals surface area contributed by atoms with Crippen molar-refractivity contribution in [1.82, 2.24) is 19.6 Å². The largest absolute Gasteiger partial charge is 0.274 e. The maximum Gasteiger partial charge on any atom is 0.263 e. The minimum atomic E-state index is -3.75. The second-order valence-corrected chi connectivity index (χ2v) is 6.79. The summed E-state index contributed by atoms with van der Waals surface area (Å²) in [6.45, 7) is 1.70. The van der Waals surface area contributed by atoms with Gasteiger partial charge in [-0.15, -0.1) is 0 Å². The van der Waals surface area contributed by atoms with Gasteiger partial charge in [-0.05, 0) is 40.5 Å². The molecule has 9 heteroatoms. The average molecular weight is 368 g/mol. The monoisotopic (exact) mass is 367 g/mol. The standard InChI is InChI=1S/C12H10BrN5O2S/c1-8-5-11(13)15-7-10(8)21(19,20)17-9-6-16-18-4-2-3-14-12(9)18/h2-7,17H,1H3. The Kier molecular flexibility index (Phi) is 3.38. The van der Waals surface area contributed by atoms with Crippen LogP contribution in [0.5, 0.6) is 0 Å². The number of pyridine rings is 1. The third-order valence-electron chi connectivity index (χ3n) is 2.84. The second kappa shape index (κ2) is 5.08. The zero-order valence-corrected chi connectivity index (χ0v) is 13.3. The Balaban J connectivity index is 2.03. The van der Waals surface area contributed by atoms with Crippen LogP contribution in [0.1, 0.15) is 5.56 Å². The van der Waals surface area contributed by atoms with Gasteiger partial charge in [0.2, 0.25) is 0 Å². The van der Waals surface area contributed by atoms with E-state index in [1.54, 1.807) is 31.5 Å². The van der Waals surface area contributed by atoms with Crippen LogP contribution in [0.4, 0.5) is 5.69 Å². The first-order chi connectivity index (χ1) is 9.97. The number of hydrogen-bond acceptors (Lipinski definition) is 5. The summed E-state index contributed by atoms with van der Waals surface area (Å²) in [5.41, 5.74) is 1.34. The Morgan fingerprint density at radius 3 is 2.86 bits per heavy atom. The number of nitrogens with one attached hydrogen (secondary N) is 1. The van der Waals surface area contributed by atoms with E-state index in [1.165, 1.54) is 16.9 Å². The summed E-state index contributed by atoms with van der Waals surface area (Å²) >= 11 is 3.21. The molecule has 3 aromatic heterocycles. The van der Waals surface area contributed by atoms with E-state index in [2.05, 4.69) is 35.7 Å². The Morgan fingerprint density at radius 1 is 1.29 bits per heavy atom. The van der Waals surface area contributed by atoms with Crippen LogP contribution in [-0.4, -0.2) is 28.0 Å². The van der Waals surface area contributed by atoms with Crippen LogP contribution in [0, 0.1) is 6.92 Å². The number of sulfonamides is 1. The van der Waals surface area contributed by atoms with Gasteiger partial charge in [0.05, 0.1) is 6.20 Å². The van der Waals surface area contributed by atoms with Crippen molar-refractivity contribution in [2.45, 2.75) is 11.8 Å². The molecule has 108 valence electrons. The van der Waals surface area contributed by atoms with Gasteiger partial charge in [0, 0.05) is 18.6 Å². The molecule has 0 saturated carbocycles. The molecule has 0 radical (unpaired) electrons. The van der Waals surface area contributed by atoms with E-state index in [4.69, 9.17) is 0 Å². The first kappa shape index (κ1) is 14.0. The Bertz CT molecular complexity index is 922. The van der Waals surface area contributed by atoms with E-state index in [9.17, 15) is 8.42 Å². The molecule has 3 heterocycles. The summed E-state index contributed by atoms with van der Waals surface area (Å²) in [4.78, 5) is 8.18. The van der Waals surface area contributed by atoms with Crippen LogP contribution in [0.2, 0.25) is 0 Å². The fourth-order valence-electron chi connectivity index (χ4n) is 1.89. The van der Waals surface area contributed by atoms with Gasteiger partial charge in [0.1, 0.15) is 15.2 Å². The fourth-order valence-corrected chi connectivity index (χ4v) is 3.55. The Labute approximate surface area is 129 Å². The zero-order chi connectivity index (χ0) is 15.0. The van der Waals surface area contributed by atoms with Crippen LogP contribution in [-0.2, 0) is 10.0 Å². The molecule has 1 N–H and O–H groups in total. The smallest absolute Gasteiger partial charge is 0.263 e. The molecule has 7 nitrogen and oxygen atoms in total. The molecule has 0 spiro atoms. The molecule has 3 rings (SSSR count). The van der Waals surface area contributed by atoms with Crippen LogP contribution in [0.25, 0.3) is 5.65 Å². The summed E-state index contributed by atoms with van der Waals surface area (Å²) in [6.07, 6.45) is 5.98. The molecule has 0 atom stereocenters. The number of halogens is 1. The number of aryl methyl sites for hydroxylation is 1. The number of hydrogen-bond donors (Lipinski definition) is 1. The molecule has 0 aromatic carbocycles. The molecule has 0 unspecified atom stereocenters. The molecule has 0 aliphatic heterocycles. The normalized spacial score (nSPS) is 11.7. The highest BCUT2D eigenvalue weighted by atomic mass is 79.9. The molecule has 0 aliphatic rings. The van der Waals surface area contributed by atoms with Gasteiger partial charge in [0.15, 0.2) is 5.65 Å². The van der Waals surface area contributed by atoms with Crippen LogP contribution < -0.4 is 4.72 Å². The van der Waals surface area contributed by atoms with Gasteiger partial charge in [-0.1, -0.05) is 0 Å². The van der Waals surface area contributed by atoms with Gasteiger partial charge in [0.25, 0.3) is 10.0 Å². The summed E-state index contributed by atoms with van der Waals surface area (Å²) in [5, 5.41) is 4.04. The van der Waals surface area contributed by atoms with Crippen molar-refractivity contribution in [2.75, 3.05) is 4.72 Å². The lowest BCUT2D eigenvalue weighted by Crippen LogP contribution is -2.14. The first-order valence-electron chi connectivity index (χ1n) is 5.91. The first-order valence-corrected chi connectivity index (χ1v) is 8.18. The van der Waals surface area contributed by atoms with E-state index < -0.39 is 10.0 Å². The number of nitrogens with zero attached hydrogens (tertiary/aromatic N) is 4. The van der Waals surface area contributed by atoms with Gasteiger partial charge in [-0.3, -0.25) is 4.72 Å². The van der Waals surface area contributed by atoms with Crippen molar-refractivity contribution < 1.29 is 8.42 Å². The lowest BCUT2D eigenvalue weighted by molar-refractivity contribution is 0.600. The fraction of sp³-hybridized carbons (Fsp3) is 0.0833. The van der Waals surface area contributed by atoms with Gasteiger partial charge < -0.3 is 0 Å². The molecule has 0 fully saturated rings. The molecular formula is C12H10BrN5O2S. The van der Waals surface area contributed by atoms with E-state index in [0.717, 1.165) is 0 Å². The lowest BCUT2D eigenvalue weighted by atomic mass is 10.3. The predicted octanol–water partition coefficient (Wildman–Crippen LogP) is 2.00. The van der Waals surface area contributed by atoms with Crippen LogP contribution >= 0.6 is 15.9 Å². The number of anilines is 1. The van der Waals surface area contributed by atoms with Gasteiger partial charge >= 0.3 is 0 Å². The van der Waals surface area contributed by atoms with Gasteiger partial charge in [-0.2, -0.15) is 5.10 Å². The highest BCUT2D eigenvalue weighted by Gasteiger charge is 2.20. The molecule has 0 saturated heterocycles. The number of fused-ring (bicyclic) bond motifs is 1. The highest BCUT2D eigenvalue weighted by Crippen LogP contribution is 2.22. The van der Waals surface area contributed by atoms with E-state index in [1.807, 2.05) is 0 Å². The van der Waals surface area contributed by atoms with E-state index in [0.29, 0.717) is 21.5 Å². The summed E-state index contributed by atoms with van der Waals surface area (Å²) in [7, 11) is -3.75. The van der Waals surface area contributed by atoms with Gasteiger partial charge in [-0.25, -0.2) is 22.9 Å². The second-order valence-electron chi connectivity index (χ2n) is 4.32. The topological polar surface area (TPSA) is 89.2 Å². The minimum Gasteiger partial charge on any atom is -0.274 e. The van der Waals surface area contributed by atoms with E-state index >= 15 is 0 Å². The minimum absolute atomic E-state index is 0.112. The lowest BCUT2D eigenvalue weighted by Gasteiger charge is -2.08. The van der Waals surface area contributed by atoms with Crippen molar-refractivity contribution in [1.29, 1.82) is 0 Å². The zero-order valence-electron chi connectivity index (χ0n) is 10.9. The maximum atomic E-state index is 12.4. The number of aromatic nitrogens is 4. The SMILES string of the molecule is Cc1cc(Br)ncc1S(=O)(=O)Nc1cnn2cccnc12. The molecule has 3 aromatic rings. The molecular weight excluding hydrogens is 358 g/mol. The quantitative estimate of drug-likeness (QED) is 0.715. The van der Waals surface area contributed by atoms with E-state index in [-0.39, 0.29) is 4.90 Å². The van der Waals surface area contributed by atoms with Crippen LogP contribution in [0.15, 0.2) is 46.4 Å². The summed E-state index contributed by atoms with van der Waals surface area (Å²) < 4.78 is 29.4. The van der Waals surface area contributed by atoms with Crippen molar-refractivity contribution in [2.24, 2.45) is 0 Å². The predicted molar refractivity (Wildman–Crippen MR) is 80.5 cm³/mol. The maximum absolute atomic E-state index is 12.4. The van der Waals surface area contributed by atoms with Crippen molar-refractivity contribution in [3.63, 3.8) is 0 Å². The highest BCUT2D eigenvalue weighted by molar-refractivity contribution is 9.10. The third-order valence-corrected chi connectivity index (χ3v) is 4.77. The molecule has 0 bridgehead atoms. The Morgan fingerprint density at radius 2 is 2.10 bits per heavy atom. The number of rotatable bonds is 3. The van der Waals surface area contributed by atoms with Crippen LogP contribution in [0.3, 0.4) is 0 Å².